The minimum absolute atomic E-state index is 0.766. The number of unbranched alkanes of at least 4 members (excludes halogenated alkanes) is 1. The monoisotopic (exact) mass is 310 g/mol. The first kappa shape index (κ1) is 18.9. The van der Waals surface area contributed by atoms with E-state index < -0.39 is 17.6 Å². The van der Waals surface area contributed by atoms with E-state index in [-0.39, 0.29) is 0 Å². The second kappa shape index (κ2) is 9.78. The van der Waals surface area contributed by atoms with Crippen LogP contribution in [0.5, 0.6) is 0 Å². The highest BCUT2D eigenvalue weighted by Gasteiger charge is 2.37. The average molecular weight is 310 g/mol. The molecule has 0 aromatic heterocycles. The van der Waals surface area contributed by atoms with E-state index in [1.165, 1.54) is 0 Å². The zero-order valence-electron chi connectivity index (χ0n) is 12.7. The van der Waals surface area contributed by atoms with Crippen LogP contribution in [-0.2, 0) is 26.6 Å². The zero-order valence-corrected chi connectivity index (χ0v) is 14.7. The van der Waals surface area contributed by atoms with Gasteiger partial charge in [-0.2, -0.15) is 0 Å². The fraction of sp³-hybridized carbons (Fsp3) is 0.818. The van der Waals surface area contributed by atoms with Crippen molar-refractivity contribution in [2.75, 3.05) is 42.7 Å². The first-order valence-corrected chi connectivity index (χ1v) is 9.79. The van der Waals surface area contributed by atoms with Gasteiger partial charge in [-0.25, -0.2) is 0 Å². The van der Waals surface area contributed by atoms with Gasteiger partial charge in [0.05, 0.1) is 0 Å². The van der Waals surface area contributed by atoms with Crippen LogP contribution in [0.15, 0.2) is 11.8 Å². The number of hydrogen-bond acceptors (Lipinski definition) is 6. The van der Waals surface area contributed by atoms with Gasteiger partial charge in [-0.15, -0.1) is 0 Å². The van der Waals surface area contributed by atoms with E-state index in [4.69, 9.17) is 26.6 Å². The predicted molar refractivity (Wildman–Crippen MR) is 76.7 cm³/mol. The van der Waals surface area contributed by atoms with Crippen LogP contribution in [0.4, 0.5) is 0 Å². The summed E-state index contributed by atoms with van der Waals surface area (Å²) >= 11 is 0. The van der Waals surface area contributed by atoms with Gasteiger partial charge in [0.15, 0.2) is 0 Å². The lowest BCUT2D eigenvalue weighted by atomic mass is 10.3. The van der Waals surface area contributed by atoms with Crippen LogP contribution in [0, 0.1) is 0 Å². The minimum atomic E-state index is -2.60. The standard InChI is InChI=1S/C11H26O6Si2/c1-12-18(13-2,14-3)10-8-7-9-11-19(15-4,16-5)17-6/h8,10H,7,9,11H2,1-6H3. The van der Waals surface area contributed by atoms with Crippen LogP contribution >= 0.6 is 0 Å². The summed E-state index contributed by atoms with van der Waals surface area (Å²) in [5.41, 5.74) is 1.88. The molecule has 0 amide bonds. The number of hydrogen-bond donors (Lipinski definition) is 0. The van der Waals surface area contributed by atoms with Crippen molar-refractivity contribution >= 4 is 17.6 Å². The maximum atomic E-state index is 5.35. The van der Waals surface area contributed by atoms with Crippen LogP contribution < -0.4 is 0 Å². The third-order valence-corrected chi connectivity index (χ3v) is 8.15. The summed E-state index contributed by atoms with van der Waals surface area (Å²) in [6.45, 7) is 0. The van der Waals surface area contributed by atoms with Crippen molar-refractivity contribution in [3.05, 3.63) is 11.8 Å². The topological polar surface area (TPSA) is 55.4 Å². The molecule has 6 nitrogen and oxygen atoms in total. The Bertz CT molecular complexity index is 237. The van der Waals surface area contributed by atoms with Crippen molar-refractivity contribution < 1.29 is 26.6 Å². The quantitative estimate of drug-likeness (QED) is 0.427. The van der Waals surface area contributed by atoms with E-state index in [1.54, 1.807) is 42.7 Å². The fourth-order valence-electron chi connectivity index (χ4n) is 1.67. The van der Waals surface area contributed by atoms with Crippen LogP contribution in [-0.4, -0.2) is 60.3 Å². The van der Waals surface area contributed by atoms with Gasteiger partial charge in [-0.1, -0.05) is 6.08 Å². The molecule has 0 N–H and O–H groups in total. The lowest BCUT2D eigenvalue weighted by molar-refractivity contribution is 0.123. The highest BCUT2D eigenvalue weighted by molar-refractivity contribution is 6.66. The molecule has 0 fully saturated rings. The lowest BCUT2D eigenvalue weighted by Gasteiger charge is -2.24. The van der Waals surface area contributed by atoms with Crippen LogP contribution in [0.3, 0.4) is 0 Å². The largest absolute Gasteiger partial charge is 0.528 e. The van der Waals surface area contributed by atoms with Crippen molar-refractivity contribution in [2.45, 2.75) is 18.9 Å². The van der Waals surface area contributed by atoms with Crippen molar-refractivity contribution in [3.63, 3.8) is 0 Å². The van der Waals surface area contributed by atoms with Gasteiger partial charge in [0, 0.05) is 48.7 Å². The molecule has 114 valence electrons. The molecular weight excluding hydrogens is 284 g/mol. The number of rotatable bonds is 11. The van der Waals surface area contributed by atoms with E-state index >= 15 is 0 Å². The molecule has 0 rings (SSSR count). The maximum absolute atomic E-state index is 5.35. The summed E-state index contributed by atoms with van der Waals surface area (Å²) in [4.78, 5) is 0. The van der Waals surface area contributed by atoms with Gasteiger partial charge in [0.1, 0.15) is 0 Å². The summed E-state index contributed by atoms with van der Waals surface area (Å²) in [7, 11) is 4.56. The number of allylic oxidation sites excluding steroid dienone is 1. The predicted octanol–water partition coefficient (Wildman–Crippen LogP) is 1.62. The Morgan fingerprint density at radius 1 is 0.737 bits per heavy atom. The van der Waals surface area contributed by atoms with Gasteiger partial charge in [0.25, 0.3) is 0 Å². The molecule has 0 bridgehead atoms. The normalized spacial score (nSPS) is 13.4. The molecule has 0 spiro atoms. The molecule has 0 saturated carbocycles. The molecule has 0 unspecified atom stereocenters. The maximum Gasteiger partial charge on any atom is 0.528 e. The SMILES string of the molecule is CO[Si](C=CCCC[Si](OC)(OC)OC)(OC)OC. The highest BCUT2D eigenvalue weighted by atomic mass is 28.4. The molecule has 0 saturated heterocycles. The van der Waals surface area contributed by atoms with E-state index in [9.17, 15) is 0 Å². The van der Waals surface area contributed by atoms with Crippen LogP contribution in [0.25, 0.3) is 0 Å². The molecule has 0 aromatic rings. The Morgan fingerprint density at radius 3 is 1.58 bits per heavy atom. The highest BCUT2D eigenvalue weighted by Crippen LogP contribution is 2.17. The molecular formula is C11H26O6Si2. The summed E-state index contributed by atoms with van der Waals surface area (Å²) < 4.78 is 31.9. The molecule has 8 heteroatoms. The second-order valence-corrected chi connectivity index (χ2v) is 9.66. The molecule has 0 heterocycles. The molecule has 0 aliphatic rings. The molecule has 0 atom stereocenters. The second-order valence-electron chi connectivity index (χ2n) is 3.81. The van der Waals surface area contributed by atoms with Gasteiger partial charge in [-0.3, -0.25) is 0 Å². The Kier molecular flexibility index (Phi) is 9.74. The molecule has 0 aliphatic carbocycles. The first-order valence-electron chi connectivity index (χ1n) is 6.06. The zero-order chi connectivity index (χ0) is 14.8. The first-order chi connectivity index (χ1) is 9.07. The summed E-state index contributed by atoms with van der Waals surface area (Å²) in [6, 6.07) is 0.766. The third kappa shape index (κ3) is 5.84. The molecule has 0 radical (unpaired) electrons. The summed E-state index contributed by atoms with van der Waals surface area (Å²) in [6.07, 6.45) is 3.76. The van der Waals surface area contributed by atoms with E-state index in [0.29, 0.717) is 0 Å². The van der Waals surface area contributed by atoms with Gasteiger partial charge >= 0.3 is 17.6 Å². The van der Waals surface area contributed by atoms with Crippen molar-refractivity contribution in [2.24, 2.45) is 0 Å². The van der Waals surface area contributed by atoms with Crippen molar-refractivity contribution in [1.29, 1.82) is 0 Å². The Labute approximate surface area is 118 Å². The third-order valence-electron chi connectivity index (χ3n) is 2.96. The molecule has 0 aliphatic heterocycles. The minimum Gasteiger partial charge on any atom is -0.377 e. The molecule has 0 aromatic carbocycles. The van der Waals surface area contributed by atoms with Gasteiger partial charge < -0.3 is 26.6 Å². The average Bonchev–Trinajstić information content (AvgIpc) is 2.48. The van der Waals surface area contributed by atoms with Gasteiger partial charge in [-0.05, 0) is 18.5 Å². The van der Waals surface area contributed by atoms with Gasteiger partial charge in [0.2, 0.25) is 0 Å². The Morgan fingerprint density at radius 2 is 1.21 bits per heavy atom. The van der Waals surface area contributed by atoms with E-state index in [2.05, 4.69) is 0 Å². The van der Waals surface area contributed by atoms with Crippen LogP contribution in [0.1, 0.15) is 12.8 Å². The summed E-state index contributed by atoms with van der Waals surface area (Å²) in [5.74, 6) is 0. The van der Waals surface area contributed by atoms with Crippen molar-refractivity contribution in [3.8, 4) is 0 Å². The van der Waals surface area contributed by atoms with Crippen molar-refractivity contribution in [1.82, 2.24) is 0 Å². The Hall–Kier alpha value is -0.0662. The van der Waals surface area contributed by atoms with Crippen LogP contribution in [0.2, 0.25) is 6.04 Å². The smallest absolute Gasteiger partial charge is 0.377 e. The van der Waals surface area contributed by atoms with E-state index in [1.807, 2.05) is 11.8 Å². The summed E-state index contributed by atoms with van der Waals surface area (Å²) in [5, 5.41) is 0. The Balaban J connectivity index is 4.22. The van der Waals surface area contributed by atoms with E-state index in [0.717, 1.165) is 18.9 Å². The molecule has 19 heavy (non-hydrogen) atoms. The lowest BCUT2D eigenvalue weighted by Crippen LogP contribution is -2.42. The fourth-order valence-corrected chi connectivity index (χ4v) is 4.79.